The summed E-state index contributed by atoms with van der Waals surface area (Å²) in [6, 6.07) is 6.82. The summed E-state index contributed by atoms with van der Waals surface area (Å²) < 4.78 is 6.26. The van der Waals surface area contributed by atoms with Crippen LogP contribution in [0.5, 0.6) is 0 Å². The van der Waals surface area contributed by atoms with Crippen molar-refractivity contribution in [2.75, 3.05) is 12.4 Å². The largest absolute Gasteiger partial charge is 0.464 e. The van der Waals surface area contributed by atoms with E-state index >= 15 is 0 Å². The smallest absolute Gasteiger partial charge is 0.329 e. The van der Waals surface area contributed by atoms with Crippen molar-refractivity contribution in [1.82, 2.24) is 4.90 Å². The lowest BCUT2D eigenvalue weighted by Gasteiger charge is -2.29. The average Bonchev–Trinajstić information content (AvgIpc) is 2.97. The third kappa shape index (κ3) is 5.48. The van der Waals surface area contributed by atoms with Crippen molar-refractivity contribution in [2.45, 2.75) is 51.4 Å². The van der Waals surface area contributed by atoms with Gasteiger partial charge >= 0.3 is 5.97 Å². The Morgan fingerprint density at radius 1 is 1.40 bits per heavy atom. The standard InChI is InChI=1S/C19H26BrNO3S/c1-4-5-9-24-19(23)16-12-25-17(10-13(2)3)21(16)18(22)14-7-6-8-15(20)11-14/h6-8,11,13,16-17H,4-5,9-10,12H2,1-3H3. The highest BCUT2D eigenvalue weighted by Gasteiger charge is 2.42. The molecule has 2 atom stereocenters. The maximum Gasteiger partial charge on any atom is 0.329 e. The molecule has 1 saturated heterocycles. The molecule has 138 valence electrons. The summed E-state index contributed by atoms with van der Waals surface area (Å²) in [5.74, 6) is 0.664. The first-order chi connectivity index (χ1) is 11.9. The van der Waals surface area contributed by atoms with E-state index in [4.69, 9.17) is 4.74 Å². The molecule has 1 aromatic rings. The van der Waals surface area contributed by atoms with Crippen molar-refractivity contribution in [2.24, 2.45) is 5.92 Å². The fourth-order valence-electron chi connectivity index (χ4n) is 2.79. The summed E-state index contributed by atoms with van der Waals surface area (Å²) in [5.41, 5.74) is 0.594. The minimum atomic E-state index is -0.503. The highest BCUT2D eigenvalue weighted by molar-refractivity contribution is 9.10. The van der Waals surface area contributed by atoms with Gasteiger partial charge in [0, 0.05) is 15.8 Å². The molecular weight excluding hydrogens is 402 g/mol. The molecular formula is C19H26BrNO3S. The second-order valence-electron chi connectivity index (χ2n) is 6.68. The van der Waals surface area contributed by atoms with Gasteiger partial charge in [0.2, 0.25) is 0 Å². The molecule has 0 spiro atoms. The van der Waals surface area contributed by atoms with Crippen molar-refractivity contribution in [3.63, 3.8) is 0 Å². The Labute approximate surface area is 162 Å². The molecule has 0 N–H and O–H groups in total. The molecule has 0 aromatic heterocycles. The van der Waals surface area contributed by atoms with Crippen LogP contribution in [0, 0.1) is 5.92 Å². The number of carbonyl (C=O) groups excluding carboxylic acids is 2. The topological polar surface area (TPSA) is 46.6 Å². The van der Waals surface area contributed by atoms with Gasteiger partial charge in [-0.1, -0.05) is 49.2 Å². The Hall–Kier alpha value is -1.01. The number of benzene rings is 1. The number of hydrogen-bond donors (Lipinski definition) is 0. The van der Waals surface area contributed by atoms with E-state index in [1.165, 1.54) is 0 Å². The zero-order valence-electron chi connectivity index (χ0n) is 15.0. The maximum atomic E-state index is 13.1. The van der Waals surface area contributed by atoms with E-state index < -0.39 is 6.04 Å². The van der Waals surface area contributed by atoms with Crippen LogP contribution in [0.2, 0.25) is 0 Å². The van der Waals surface area contributed by atoms with Crippen LogP contribution in [0.3, 0.4) is 0 Å². The van der Waals surface area contributed by atoms with E-state index in [1.807, 2.05) is 12.1 Å². The van der Waals surface area contributed by atoms with Crippen LogP contribution in [-0.2, 0) is 9.53 Å². The predicted octanol–water partition coefficient (Wildman–Crippen LogP) is 4.72. The first kappa shape index (κ1) is 20.3. The lowest BCUT2D eigenvalue weighted by Crippen LogP contribution is -2.46. The lowest BCUT2D eigenvalue weighted by atomic mass is 10.1. The molecule has 1 aromatic carbocycles. The summed E-state index contributed by atoms with van der Waals surface area (Å²) >= 11 is 5.09. The molecule has 1 aliphatic heterocycles. The molecule has 25 heavy (non-hydrogen) atoms. The van der Waals surface area contributed by atoms with Gasteiger partial charge in [-0.15, -0.1) is 11.8 Å². The molecule has 0 radical (unpaired) electrons. The Kier molecular flexibility index (Phi) is 7.81. The summed E-state index contributed by atoms with van der Waals surface area (Å²) in [5, 5.41) is 0.00945. The highest BCUT2D eigenvalue weighted by Crippen LogP contribution is 2.35. The minimum Gasteiger partial charge on any atom is -0.464 e. The van der Waals surface area contributed by atoms with Crippen molar-refractivity contribution in [1.29, 1.82) is 0 Å². The van der Waals surface area contributed by atoms with Crippen molar-refractivity contribution >= 4 is 39.6 Å². The monoisotopic (exact) mass is 427 g/mol. The molecule has 2 unspecified atom stereocenters. The van der Waals surface area contributed by atoms with E-state index in [2.05, 4.69) is 36.7 Å². The Morgan fingerprint density at radius 3 is 2.80 bits per heavy atom. The number of nitrogens with zero attached hydrogens (tertiary/aromatic N) is 1. The van der Waals surface area contributed by atoms with E-state index in [1.54, 1.807) is 28.8 Å². The second kappa shape index (κ2) is 9.62. The molecule has 0 bridgehead atoms. The van der Waals surface area contributed by atoms with Crippen molar-refractivity contribution in [3.8, 4) is 0 Å². The summed E-state index contributed by atoms with van der Waals surface area (Å²) in [6.07, 6.45) is 2.69. The number of carbonyl (C=O) groups is 2. The zero-order chi connectivity index (χ0) is 18.4. The number of halogens is 1. The van der Waals surface area contributed by atoms with Crippen LogP contribution >= 0.6 is 27.7 Å². The molecule has 4 nitrogen and oxygen atoms in total. The van der Waals surface area contributed by atoms with Crippen LogP contribution in [0.15, 0.2) is 28.7 Å². The van der Waals surface area contributed by atoms with Gasteiger partial charge in [0.05, 0.1) is 12.0 Å². The first-order valence-corrected chi connectivity index (χ1v) is 10.6. The third-order valence-corrected chi connectivity index (χ3v) is 5.89. The van der Waals surface area contributed by atoms with Crippen LogP contribution in [-0.4, -0.2) is 40.6 Å². The van der Waals surface area contributed by atoms with Crippen molar-refractivity contribution < 1.29 is 14.3 Å². The van der Waals surface area contributed by atoms with Gasteiger partial charge in [-0.3, -0.25) is 4.79 Å². The number of amides is 1. The van der Waals surface area contributed by atoms with E-state index in [0.29, 0.717) is 23.8 Å². The van der Waals surface area contributed by atoms with Gasteiger partial charge in [0.1, 0.15) is 6.04 Å². The first-order valence-electron chi connectivity index (χ1n) is 8.80. The van der Waals surface area contributed by atoms with E-state index in [-0.39, 0.29) is 17.3 Å². The fraction of sp³-hybridized carbons (Fsp3) is 0.579. The number of thioether (sulfide) groups is 1. The number of rotatable bonds is 7. The second-order valence-corrected chi connectivity index (χ2v) is 8.80. The van der Waals surface area contributed by atoms with Crippen LogP contribution in [0.4, 0.5) is 0 Å². The van der Waals surface area contributed by atoms with Gasteiger partial charge in [0.25, 0.3) is 5.91 Å². The number of unbranched alkanes of at least 4 members (excludes halogenated alkanes) is 1. The number of hydrogen-bond acceptors (Lipinski definition) is 4. The van der Waals surface area contributed by atoms with Crippen molar-refractivity contribution in [3.05, 3.63) is 34.3 Å². The molecule has 0 saturated carbocycles. The highest BCUT2D eigenvalue weighted by atomic mass is 79.9. The molecule has 2 rings (SSSR count). The van der Waals surface area contributed by atoms with E-state index in [0.717, 1.165) is 23.7 Å². The zero-order valence-corrected chi connectivity index (χ0v) is 17.4. The van der Waals surface area contributed by atoms with Crippen LogP contribution in [0.25, 0.3) is 0 Å². The SMILES string of the molecule is CCCCOC(=O)C1CSC(CC(C)C)N1C(=O)c1cccc(Br)c1. The molecule has 1 aliphatic rings. The minimum absolute atomic E-state index is 0.00945. The molecule has 1 heterocycles. The fourth-order valence-corrected chi connectivity index (χ4v) is 4.81. The van der Waals surface area contributed by atoms with Gasteiger partial charge in [0.15, 0.2) is 0 Å². The predicted molar refractivity (Wildman–Crippen MR) is 106 cm³/mol. The van der Waals surface area contributed by atoms with Gasteiger partial charge in [-0.05, 0) is 37.0 Å². The number of esters is 1. The van der Waals surface area contributed by atoms with Crippen LogP contribution < -0.4 is 0 Å². The Bertz CT molecular complexity index is 608. The van der Waals surface area contributed by atoms with Crippen LogP contribution in [0.1, 0.15) is 50.4 Å². The van der Waals surface area contributed by atoms with Gasteiger partial charge < -0.3 is 9.64 Å². The average molecular weight is 428 g/mol. The molecule has 0 aliphatic carbocycles. The summed E-state index contributed by atoms with van der Waals surface area (Å²) in [4.78, 5) is 27.4. The summed E-state index contributed by atoms with van der Waals surface area (Å²) in [6.45, 7) is 6.75. The van der Waals surface area contributed by atoms with Gasteiger partial charge in [-0.25, -0.2) is 4.79 Å². The Morgan fingerprint density at radius 2 is 2.16 bits per heavy atom. The normalized spacial score (nSPS) is 20.1. The summed E-state index contributed by atoms with van der Waals surface area (Å²) in [7, 11) is 0. The maximum absolute atomic E-state index is 13.1. The lowest BCUT2D eigenvalue weighted by molar-refractivity contribution is -0.148. The number of ether oxygens (including phenoxy) is 1. The van der Waals surface area contributed by atoms with E-state index in [9.17, 15) is 9.59 Å². The molecule has 1 amide bonds. The molecule has 6 heteroatoms. The quantitative estimate of drug-likeness (QED) is 0.466. The molecule has 1 fully saturated rings. The van der Waals surface area contributed by atoms with Gasteiger partial charge in [-0.2, -0.15) is 0 Å². The Balaban J connectivity index is 2.21. The third-order valence-electron chi connectivity index (χ3n) is 4.09.